The third-order valence-corrected chi connectivity index (χ3v) is 1.54. The zero-order valence-corrected chi connectivity index (χ0v) is 7.75. The van der Waals surface area contributed by atoms with Crippen molar-refractivity contribution in [3.63, 3.8) is 0 Å². The Hall–Kier alpha value is -1.01. The number of hydrogen-bond acceptors (Lipinski definition) is 0. The molecule has 0 heterocycles. The van der Waals surface area contributed by atoms with Crippen LogP contribution >= 0.6 is 11.6 Å². The minimum atomic E-state index is 0.794. The molecule has 0 aliphatic heterocycles. The molecule has 1 aromatic rings. The monoisotopic (exact) mass is 178 g/mol. The van der Waals surface area contributed by atoms with Gasteiger partial charge in [0.1, 0.15) is 0 Å². The molecule has 0 nitrogen and oxygen atoms in total. The van der Waals surface area contributed by atoms with Gasteiger partial charge in [-0.2, -0.15) is 0 Å². The summed E-state index contributed by atoms with van der Waals surface area (Å²) in [5.74, 6) is 0. The van der Waals surface area contributed by atoms with Crippen molar-refractivity contribution >= 4 is 17.7 Å². The number of hydrogen-bond donors (Lipinski definition) is 0. The predicted molar refractivity (Wildman–Crippen MR) is 55.1 cm³/mol. The van der Waals surface area contributed by atoms with E-state index in [9.17, 15) is 0 Å². The Labute approximate surface area is 78.2 Å². The van der Waals surface area contributed by atoms with Crippen molar-refractivity contribution in [1.29, 1.82) is 0 Å². The van der Waals surface area contributed by atoms with Crippen molar-refractivity contribution in [3.8, 4) is 0 Å². The lowest BCUT2D eigenvalue weighted by molar-refractivity contribution is 1.64. The fourth-order valence-corrected chi connectivity index (χ4v) is 0.929. The number of halogens is 1. The van der Waals surface area contributed by atoms with Crippen LogP contribution in [0.2, 0.25) is 0 Å². The lowest BCUT2D eigenvalue weighted by Gasteiger charge is -1.88. The summed E-state index contributed by atoms with van der Waals surface area (Å²) >= 11 is 5.65. The first kappa shape index (κ1) is 9.08. The summed E-state index contributed by atoms with van der Waals surface area (Å²) < 4.78 is 0. The Morgan fingerprint density at radius 2 is 1.92 bits per heavy atom. The predicted octanol–water partition coefficient (Wildman–Crippen LogP) is 3.84. The molecule has 1 aromatic carbocycles. The summed E-state index contributed by atoms with van der Waals surface area (Å²) in [6.45, 7) is 1.86. The molecule has 0 amide bonds. The Morgan fingerprint density at radius 3 is 2.50 bits per heavy atom. The van der Waals surface area contributed by atoms with E-state index >= 15 is 0 Å². The molecule has 0 N–H and O–H groups in total. The minimum Gasteiger partial charge on any atom is -0.0895 e. The summed E-state index contributed by atoms with van der Waals surface area (Å²) in [6, 6.07) is 10.1. The van der Waals surface area contributed by atoms with Crippen molar-refractivity contribution in [3.05, 3.63) is 53.1 Å². The van der Waals surface area contributed by atoms with E-state index in [1.54, 1.807) is 0 Å². The van der Waals surface area contributed by atoms with Gasteiger partial charge in [-0.1, -0.05) is 54.1 Å². The van der Waals surface area contributed by atoms with Gasteiger partial charge in [0.25, 0.3) is 0 Å². The third-order valence-electron chi connectivity index (χ3n) is 1.41. The van der Waals surface area contributed by atoms with E-state index in [2.05, 4.69) is 0 Å². The van der Waals surface area contributed by atoms with Gasteiger partial charge in [0.05, 0.1) is 0 Å². The highest BCUT2D eigenvalue weighted by Crippen LogP contribution is 2.03. The molecule has 0 fully saturated rings. The summed E-state index contributed by atoms with van der Waals surface area (Å²) in [7, 11) is 0. The van der Waals surface area contributed by atoms with E-state index in [0.717, 1.165) is 5.03 Å². The lowest BCUT2D eigenvalue weighted by atomic mass is 10.2. The highest BCUT2D eigenvalue weighted by molar-refractivity contribution is 6.29. The van der Waals surface area contributed by atoms with Crippen molar-refractivity contribution < 1.29 is 0 Å². The van der Waals surface area contributed by atoms with Gasteiger partial charge in [0.15, 0.2) is 0 Å². The molecule has 0 saturated carbocycles. The Morgan fingerprint density at radius 1 is 1.25 bits per heavy atom. The van der Waals surface area contributed by atoms with Crippen LogP contribution in [0.5, 0.6) is 0 Å². The molecule has 62 valence electrons. The highest BCUT2D eigenvalue weighted by Gasteiger charge is 1.80. The van der Waals surface area contributed by atoms with Crippen LogP contribution in [-0.2, 0) is 0 Å². The standard InChI is InChI=1S/C11H11Cl/c1-10(12)6-5-9-11-7-3-2-4-8-11/h2-9H,1H3/b9-5+,10-6-. The second-order valence-corrected chi connectivity index (χ2v) is 3.12. The fraction of sp³-hybridized carbons (Fsp3) is 0.0909. The van der Waals surface area contributed by atoms with Crippen LogP contribution in [0.3, 0.4) is 0 Å². The van der Waals surface area contributed by atoms with Crippen LogP contribution in [0.1, 0.15) is 12.5 Å². The van der Waals surface area contributed by atoms with Crippen LogP contribution in [-0.4, -0.2) is 0 Å². The fourth-order valence-electron chi connectivity index (χ4n) is 0.856. The first-order chi connectivity index (χ1) is 5.79. The van der Waals surface area contributed by atoms with Gasteiger partial charge in [0.2, 0.25) is 0 Å². The van der Waals surface area contributed by atoms with Crippen molar-refractivity contribution in [2.45, 2.75) is 6.92 Å². The van der Waals surface area contributed by atoms with Crippen LogP contribution < -0.4 is 0 Å². The molecule has 0 saturated heterocycles. The zero-order chi connectivity index (χ0) is 8.81. The first-order valence-corrected chi connectivity index (χ1v) is 4.22. The average Bonchev–Trinajstić information content (AvgIpc) is 2.05. The number of allylic oxidation sites excluding steroid dienone is 3. The first-order valence-electron chi connectivity index (χ1n) is 3.84. The summed E-state index contributed by atoms with van der Waals surface area (Å²) in [4.78, 5) is 0. The van der Waals surface area contributed by atoms with E-state index in [4.69, 9.17) is 11.6 Å². The van der Waals surface area contributed by atoms with Gasteiger partial charge in [-0.15, -0.1) is 0 Å². The largest absolute Gasteiger partial charge is 0.0895 e. The third kappa shape index (κ3) is 3.40. The Balaban J connectivity index is 2.64. The van der Waals surface area contributed by atoms with Crippen molar-refractivity contribution in [2.75, 3.05) is 0 Å². The minimum absolute atomic E-state index is 0.794. The van der Waals surface area contributed by atoms with Gasteiger partial charge in [-0.05, 0) is 18.6 Å². The second kappa shape index (κ2) is 4.78. The Kier molecular flexibility index (Phi) is 3.62. The molecule has 0 atom stereocenters. The number of rotatable bonds is 2. The number of benzene rings is 1. The topological polar surface area (TPSA) is 0 Å². The van der Waals surface area contributed by atoms with E-state index in [0.29, 0.717) is 0 Å². The van der Waals surface area contributed by atoms with Crippen molar-refractivity contribution in [1.82, 2.24) is 0 Å². The van der Waals surface area contributed by atoms with E-state index in [1.807, 2.05) is 55.5 Å². The maximum Gasteiger partial charge on any atom is 0.0150 e. The van der Waals surface area contributed by atoms with E-state index < -0.39 is 0 Å². The van der Waals surface area contributed by atoms with Crippen LogP contribution in [0, 0.1) is 0 Å². The van der Waals surface area contributed by atoms with Crippen LogP contribution in [0.15, 0.2) is 47.5 Å². The highest BCUT2D eigenvalue weighted by atomic mass is 35.5. The molecule has 12 heavy (non-hydrogen) atoms. The Bertz CT molecular complexity index is 279. The maximum atomic E-state index is 5.65. The molecular weight excluding hydrogens is 168 g/mol. The van der Waals surface area contributed by atoms with Gasteiger partial charge in [-0.3, -0.25) is 0 Å². The lowest BCUT2D eigenvalue weighted by Crippen LogP contribution is -1.66. The molecule has 0 aliphatic rings. The molecule has 0 aliphatic carbocycles. The zero-order valence-electron chi connectivity index (χ0n) is 7.00. The smallest absolute Gasteiger partial charge is 0.0150 e. The quantitative estimate of drug-likeness (QED) is 0.604. The van der Waals surface area contributed by atoms with Gasteiger partial charge < -0.3 is 0 Å². The maximum absolute atomic E-state index is 5.65. The molecule has 0 unspecified atom stereocenters. The van der Waals surface area contributed by atoms with Crippen LogP contribution in [0.4, 0.5) is 0 Å². The molecular formula is C11H11Cl. The van der Waals surface area contributed by atoms with Gasteiger partial charge in [-0.25, -0.2) is 0 Å². The second-order valence-electron chi connectivity index (χ2n) is 2.52. The molecule has 0 aromatic heterocycles. The molecule has 0 bridgehead atoms. The molecule has 1 heteroatoms. The normalized spacial score (nSPS) is 12.3. The van der Waals surface area contributed by atoms with Crippen LogP contribution in [0.25, 0.3) is 6.08 Å². The van der Waals surface area contributed by atoms with E-state index in [1.165, 1.54) is 5.56 Å². The summed E-state index contributed by atoms with van der Waals surface area (Å²) in [5.41, 5.74) is 1.19. The average molecular weight is 179 g/mol. The van der Waals surface area contributed by atoms with Crippen molar-refractivity contribution in [2.24, 2.45) is 0 Å². The summed E-state index contributed by atoms with van der Waals surface area (Å²) in [5, 5.41) is 0.794. The van der Waals surface area contributed by atoms with E-state index in [-0.39, 0.29) is 0 Å². The molecule has 0 radical (unpaired) electrons. The molecule has 1 rings (SSSR count). The molecule has 0 spiro atoms. The van der Waals surface area contributed by atoms with Gasteiger partial charge in [0, 0.05) is 5.03 Å². The SMILES string of the molecule is C/C(Cl)=C/C=C/c1ccccc1. The summed E-state index contributed by atoms with van der Waals surface area (Å²) in [6.07, 6.45) is 5.83. The van der Waals surface area contributed by atoms with Gasteiger partial charge >= 0.3 is 0 Å².